The van der Waals surface area contributed by atoms with Crippen LogP contribution in [0.3, 0.4) is 0 Å². The zero-order valence-electron chi connectivity index (χ0n) is 22.9. The average Bonchev–Trinajstić information content (AvgIpc) is 3.46. The molecule has 0 bridgehead atoms. The van der Waals surface area contributed by atoms with Gasteiger partial charge in [0.05, 0.1) is 22.8 Å². The van der Waals surface area contributed by atoms with Gasteiger partial charge in [0.1, 0.15) is 0 Å². The fourth-order valence-corrected chi connectivity index (χ4v) is 4.91. The first kappa shape index (κ1) is 29.8. The molecule has 10 nitrogen and oxygen atoms in total. The molecule has 2 heterocycles. The third-order valence-corrected chi connectivity index (χ3v) is 7.25. The van der Waals surface area contributed by atoms with Gasteiger partial charge in [-0.15, -0.1) is 0 Å². The SMILES string of the molecule is CCCCCCCCC1OC1CCCCCCCC(=O)NCCCCNc1ccc([N+](=O)[O-])c2nonc12. The number of nitro benzene ring substituents is 1. The predicted octanol–water partition coefficient (Wildman–Crippen LogP) is 6.69. The third-order valence-electron chi connectivity index (χ3n) is 7.25. The number of hydrogen-bond donors (Lipinski definition) is 2. The molecule has 0 aliphatic carbocycles. The van der Waals surface area contributed by atoms with Crippen LogP contribution in [0.5, 0.6) is 0 Å². The Bertz CT molecular complexity index is 982. The maximum Gasteiger partial charge on any atom is 0.300 e. The molecule has 1 aliphatic rings. The van der Waals surface area contributed by atoms with Crippen LogP contribution >= 0.6 is 0 Å². The molecule has 1 saturated heterocycles. The Morgan fingerprint density at radius 2 is 1.50 bits per heavy atom. The second-order valence-electron chi connectivity index (χ2n) is 10.4. The Kier molecular flexibility index (Phi) is 13.3. The average molecular weight is 532 g/mol. The summed E-state index contributed by atoms with van der Waals surface area (Å²) in [5, 5.41) is 24.7. The number of aromatic nitrogens is 2. The van der Waals surface area contributed by atoms with Crippen molar-refractivity contribution in [1.29, 1.82) is 0 Å². The van der Waals surface area contributed by atoms with Crippen molar-refractivity contribution in [3.63, 3.8) is 0 Å². The van der Waals surface area contributed by atoms with E-state index in [-0.39, 0.29) is 17.1 Å². The lowest BCUT2D eigenvalue weighted by atomic mass is 10.0. The lowest BCUT2D eigenvalue weighted by molar-refractivity contribution is -0.383. The first-order valence-electron chi connectivity index (χ1n) is 14.7. The normalized spacial score (nSPS) is 16.6. The molecule has 38 heavy (non-hydrogen) atoms. The molecule has 10 heteroatoms. The van der Waals surface area contributed by atoms with E-state index in [2.05, 4.69) is 32.5 Å². The number of amides is 1. The highest BCUT2D eigenvalue weighted by molar-refractivity contribution is 5.93. The number of carbonyl (C=O) groups excluding carboxylic acids is 1. The van der Waals surface area contributed by atoms with Crippen molar-refractivity contribution >= 4 is 28.3 Å². The molecule has 0 radical (unpaired) electrons. The Labute approximate surface area is 225 Å². The summed E-state index contributed by atoms with van der Waals surface area (Å²) in [7, 11) is 0. The van der Waals surface area contributed by atoms with Crippen molar-refractivity contribution < 1.29 is 19.1 Å². The van der Waals surface area contributed by atoms with Crippen LogP contribution in [0.2, 0.25) is 0 Å². The van der Waals surface area contributed by atoms with Crippen molar-refractivity contribution in [2.24, 2.45) is 0 Å². The summed E-state index contributed by atoms with van der Waals surface area (Å²) in [6, 6.07) is 3.00. The van der Waals surface area contributed by atoms with Gasteiger partial charge >= 0.3 is 5.69 Å². The van der Waals surface area contributed by atoms with Crippen LogP contribution in [0.25, 0.3) is 11.0 Å². The third kappa shape index (κ3) is 10.6. The molecule has 2 unspecified atom stereocenters. The molecular weight excluding hydrogens is 486 g/mol. The molecule has 0 spiro atoms. The molecule has 1 fully saturated rings. The molecule has 212 valence electrons. The fraction of sp³-hybridized carbons (Fsp3) is 0.750. The maximum absolute atomic E-state index is 12.1. The Balaban J connectivity index is 1.10. The smallest absolute Gasteiger partial charge is 0.300 e. The first-order chi connectivity index (χ1) is 18.6. The van der Waals surface area contributed by atoms with Crippen LogP contribution < -0.4 is 10.6 Å². The highest BCUT2D eigenvalue weighted by atomic mass is 16.6. The number of nitrogens with one attached hydrogen (secondary N) is 2. The van der Waals surface area contributed by atoms with E-state index in [0.29, 0.717) is 42.9 Å². The number of unbranched alkanes of at least 4 members (excludes halogenated alkanes) is 10. The largest absolute Gasteiger partial charge is 0.383 e. The van der Waals surface area contributed by atoms with E-state index in [9.17, 15) is 14.9 Å². The fourth-order valence-electron chi connectivity index (χ4n) is 4.91. The molecule has 0 saturated carbocycles. The van der Waals surface area contributed by atoms with Crippen LogP contribution in [0.4, 0.5) is 11.4 Å². The predicted molar refractivity (Wildman–Crippen MR) is 148 cm³/mol. The molecule has 1 aromatic heterocycles. The molecule has 2 atom stereocenters. The minimum Gasteiger partial charge on any atom is -0.383 e. The zero-order valence-corrected chi connectivity index (χ0v) is 22.9. The molecule has 1 aliphatic heterocycles. The van der Waals surface area contributed by atoms with Gasteiger partial charge in [0.25, 0.3) is 0 Å². The van der Waals surface area contributed by atoms with Gasteiger partial charge in [-0.1, -0.05) is 71.1 Å². The van der Waals surface area contributed by atoms with Crippen LogP contribution in [-0.2, 0) is 9.53 Å². The van der Waals surface area contributed by atoms with E-state index in [1.54, 1.807) is 6.07 Å². The Morgan fingerprint density at radius 1 is 0.868 bits per heavy atom. The summed E-state index contributed by atoms with van der Waals surface area (Å²) in [4.78, 5) is 22.6. The topological polar surface area (TPSA) is 136 Å². The van der Waals surface area contributed by atoms with Gasteiger partial charge in [0.2, 0.25) is 11.4 Å². The number of benzene rings is 1. The molecule has 3 rings (SSSR count). The highest BCUT2D eigenvalue weighted by Crippen LogP contribution is 2.32. The van der Waals surface area contributed by atoms with Crippen LogP contribution in [0.1, 0.15) is 110 Å². The van der Waals surface area contributed by atoms with Gasteiger partial charge in [0.15, 0.2) is 5.52 Å². The minimum absolute atomic E-state index is 0.118. The monoisotopic (exact) mass is 531 g/mol. The number of rotatable bonds is 22. The van der Waals surface area contributed by atoms with Gasteiger partial charge in [0, 0.05) is 25.6 Å². The standard InChI is InChI=1S/C28H45N5O5/c1-2-3-4-5-7-10-15-24-25(37-24)16-11-8-6-9-12-17-26(34)30-21-14-13-20-29-22-18-19-23(33(35)36)28-27(22)31-38-32-28/h18-19,24-25,29H,2-17,20-21H2,1H3,(H,30,34). The quantitative estimate of drug-likeness (QED) is 0.0742. The first-order valence-corrected chi connectivity index (χ1v) is 14.7. The Morgan fingerprint density at radius 3 is 2.21 bits per heavy atom. The number of nitro groups is 1. The van der Waals surface area contributed by atoms with Crippen LogP contribution in [0, 0.1) is 10.1 Å². The number of nitrogens with zero attached hydrogens (tertiary/aromatic N) is 3. The molecular formula is C28H45N5O5. The van der Waals surface area contributed by atoms with Crippen molar-refractivity contribution in [3.05, 3.63) is 22.2 Å². The number of non-ortho nitro benzene ring substituents is 1. The number of ether oxygens (including phenoxy) is 1. The van der Waals surface area contributed by atoms with E-state index in [1.165, 1.54) is 76.7 Å². The van der Waals surface area contributed by atoms with Crippen molar-refractivity contribution in [3.8, 4) is 0 Å². The van der Waals surface area contributed by atoms with Crippen molar-refractivity contribution in [2.45, 2.75) is 122 Å². The number of epoxide rings is 1. The van der Waals surface area contributed by atoms with E-state index >= 15 is 0 Å². The maximum atomic E-state index is 12.1. The molecule has 1 amide bonds. The molecule has 1 aromatic carbocycles. The lowest BCUT2D eigenvalue weighted by Gasteiger charge is -2.08. The Hall–Kier alpha value is -2.75. The molecule has 2 N–H and O–H groups in total. The minimum atomic E-state index is -0.504. The van der Waals surface area contributed by atoms with Gasteiger partial charge in [-0.25, -0.2) is 4.63 Å². The van der Waals surface area contributed by atoms with Gasteiger partial charge in [-0.2, -0.15) is 0 Å². The number of fused-ring (bicyclic) bond motifs is 1. The summed E-state index contributed by atoms with van der Waals surface area (Å²) in [6.07, 6.45) is 19.5. The zero-order chi connectivity index (χ0) is 27.0. The second kappa shape index (κ2) is 17.0. The van der Waals surface area contributed by atoms with Crippen LogP contribution in [-0.4, -0.2) is 46.4 Å². The molecule has 2 aromatic rings. The number of hydrogen-bond acceptors (Lipinski definition) is 8. The van der Waals surface area contributed by atoms with Crippen LogP contribution in [0.15, 0.2) is 16.8 Å². The summed E-state index contributed by atoms with van der Waals surface area (Å²) < 4.78 is 10.5. The van der Waals surface area contributed by atoms with Gasteiger partial charge in [-0.3, -0.25) is 14.9 Å². The summed E-state index contributed by atoms with van der Waals surface area (Å²) in [5.41, 5.74) is 1.00. The van der Waals surface area contributed by atoms with E-state index < -0.39 is 4.92 Å². The van der Waals surface area contributed by atoms with Crippen molar-refractivity contribution in [1.82, 2.24) is 15.6 Å². The summed E-state index contributed by atoms with van der Waals surface area (Å²) >= 11 is 0. The second-order valence-corrected chi connectivity index (χ2v) is 10.4. The van der Waals surface area contributed by atoms with Gasteiger partial charge < -0.3 is 15.4 Å². The number of carbonyl (C=O) groups is 1. The number of anilines is 1. The van der Waals surface area contributed by atoms with E-state index in [4.69, 9.17) is 4.74 Å². The van der Waals surface area contributed by atoms with E-state index in [0.717, 1.165) is 25.7 Å². The summed E-state index contributed by atoms with van der Waals surface area (Å²) in [6.45, 7) is 3.55. The lowest BCUT2D eigenvalue weighted by Crippen LogP contribution is -2.24. The van der Waals surface area contributed by atoms with Gasteiger partial charge in [-0.05, 0) is 48.5 Å². The van der Waals surface area contributed by atoms with Crippen molar-refractivity contribution in [2.75, 3.05) is 18.4 Å². The summed E-state index contributed by atoms with van der Waals surface area (Å²) in [5.74, 6) is 0.118. The highest BCUT2D eigenvalue weighted by Gasteiger charge is 2.36. The van der Waals surface area contributed by atoms with E-state index in [1.807, 2.05) is 0 Å².